The van der Waals surface area contributed by atoms with E-state index in [-0.39, 0.29) is 22.6 Å². The van der Waals surface area contributed by atoms with Gasteiger partial charge in [-0.15, -0.1) is 0 Å². The smallest absolute Gasteiger partial charge is 0.271 e. The van der Waals surface area contributed by atoms with Crippen molar-refractivity contribution in [2.45, 2.75) is 56.7 Å². The summed E-state index contributed by atoms with van der Waals surface area (Å²) in [4.78, 5) is 17.8. The third-order valence-electron chi connectivity index (χ3n) is 5.74. The molecule has 2 aromatic rings. The molecule has 0 bridgehead atoms. The van der Waals surface area contributed by atoms with E-state index in [0.717, 1.165) is 29.3 Å². The zero-order valence-corrected chi connectivity index (χ0v) is 17.8. The highest BCUT2D eigenvalue weighted by Crippen LogP contribution is 2.48. The van der Waals surface area contributed by atoms with E-state index in [1.165, 1.54) is 51.7 Å². The van der Waals surface area contributed by atoms with Gasteiger partial charge in [-0.3, -0.25) is 14.6 Å². The van der Waals surface area contributed by atoms with Crippen molar-refractivity contribution in [1.82, 2.24) is 9.78 Å². The number of aliphatic imine (C=N–C) groups is 1. The number of H-pyrrole nitrogens is 1. The Morgan fingerprint density at radius 3 is 2.34 bits per heavy atom. The summed E-state index contributed by atoms with van der Waals surface area (Å²) in [6.07, 6.45) is 6.96. The second-order valence-electron chi connectivity index (χ2n) is 7.60. The summed E-state index contributed by atoms with van der Waals surface area (Å²) in [5.41, 5.74) is 1.38. The van der Waals surface area contributed by atoms with Gasteiger partial charge in [0.2, 0.25) is 5.75 Å². The molecule has 4 rings (SSSR count). The van der Waals surface area contributed by atoms with Gasteiger partial charge in [0.05, 0.1) is 36.1 Å². The molecule has 0 spiro atoms. The maximum Gasteiger partial charge on any atom is 0.271 e. The average molecular weight is 418 g/mol. The Morgan fingerprint density at radius 2 is 1.76 bits per heavy atom. The molecule has 1 aromatic heterocycles. The van der Waals surface area contributed by atoms with Crippen molar-refractivity contribution < 1.29 is 14.6 Å². The molecule has 1 atom stereocenters. The van der Waals surface area contributed by atoms with Gasteiger partial charge in [-0.25, -0.2) is 4.99 Å². The van der Waals surface area contributed by atoms with Crippen molar-refractivity contribution in [2.75, 3.05) is 14.2 Å². The van der Waals surface area contributed by atoms with Crippen molar-refractivity contribution in [3.05, 3.63) is 33.6 Å². The van der Waals surface area contributed by atoms with Gasteiger partial charge < -0.3 is 14.6 Å². The van der Waals surface area contributed by atoms with Crippen LogP contribution in [0.1, 0.15) is 67.9 Å². The first-order valence-corrected chi connectivity index (χ1v) is 10.9. The van der Waals surface area contributed by atoms with Crippen LogP contribution >= 0.6 is 11.8 Å². The topological polar surface area (TPSA) is 88.8 Å². The summed E-state index contributed by atoms with van der Waals surface area (Å²) in [6, 6.07) is 3.80. The molecule has 29 heavy (non-hydrogen) atoms. The van der Waals surface area contributed by atoms with Crippen LogP contribution in [0.25, 0.3) is 0 Å². The second-order valence-corrected chi connectivity index (χ2v) is 8.89. The molecule has 2 heterocycles. The van der Waals surface area contributed by atoms with Gasteiger partial charge >= 0.3 is 0 Å². The van der Waals surface area contributed by atoms with Crippen LogP contribution in [-0.2, 0) is 0 Å². The number of ether oxygens (including phenoxy) is 2. The molecule has 8 heteroatoms. The average Bonchev–Trinajstić information content (AvgIpc) is 2.88. The van der Waals surface area contributed by atoms with Crippen molar-refractivity contribution >= 4 is 22.6 Å². The monoisotopic (exact) mass is 417 g/mol. The molecule has 7 nitrogen and oxygen atoms in total. The number of nitrogens with one attached hydrogen (secondary N) is 1. The van der Waals surface area contributed by atoms with Crippen LogP contribution in [0.2, 0.25) is 0 Å². The SMILES string of the molecule is COc1cc([C@H]2SC(C)=Nc3c2c(=O)[nH]n3C2CCCCCC2)cc(OC)c1O. The summed E-state index contributed by atoms with van der Waals surface area (Å²) in [5, 5.41) is 14.0. The number of aromatic hydroxyl groups is 1. The Bertz CT molecular complexity index is 961. The number of hydrogen-bond acceptors (Lipinski definition) is 6. The molecule has 0 saturated heterocycles. The number of aromatic amines is 1. The highest BCUT2D eigenvalue weighted by Gasteiger charge is 2.33. The van der Waals surface area contributed by atoms with Crippen LogP contribution in [0.4, 0.5) is 5.82 Å². The molecular formula is C21H27N3O4S. The number of nitrogens with zero attached hydrogens (tertiary/aromatic N) is 2. The number of thioether (sulfide) groups is 1. The third-order valence-corrected chi connectivity index (χ3v) is 6.92. The number of phenolic OH excluding ortho intramolecular Hbond substituents is 1. The normalized spacial score (nSPS) is 20.0. The number of fused-ring (bicyclic) bond motifs is 1. The number of methoxy groups -OCH3 is 2. The lowest BCUT2D eigenvalue weighted by atomic mass is 10.0. The van der Waals surface area contributed by atoms with Crippen molar-refractivity contribution in [3.63, 3.8) is 0 Å². The Morgan fingerprint density at radius 1 is 1.14 bits per heavy atom. The number of phenols is 1. The van der Waals surface area contributed by atoms with Gasteiger partial charge in [-0.05, 0) is 37.5 Å². The van der Waals surface area contributed by atoms with Gasteiger partial charge in [0, 0.05) is 0 Å². The molecule has 2 aliphatic rings. The van der Waals surface area contributed by atoms with Gasteiger partial charge in [0.1, 0.15) is 0 Å². The lowest BCUT2D eigenvalue weighted by Gasteiger charge is -2.24. The molecule has 0 amide bonds. The Kier molecular flexibility index (Phi) is 5.63. The number of benzene rings is 1. The van der Waals surface area contributed by atoms with E-state index in [2.05, 4.69) is 5.10 Å². The van der Waals surface area contributed by atoms with E-state index < -0.39 is 0 Å². The van der Waals surface area contributed by atoms with Gasteiger partial charge in [0.25, 0.3) is 5.56 Å². The van der Waals surface area contributed by atoms with Crippen LogP contribution in [0.5, 0.6) is 17.2 Å². The molecule has 1 saturated carbocycles. The van der Waals surface area contributed by atoms with Crippen LogP contribution in [0, 0.1) is 0 Å². The fourth-order valence-corrected chi connectivity index (χ4v) is 5.37. The van der Waals surface area contributed by atoms with Crippen molar-refractivity contribution in [1.29, 1.82) is 0 Å². The minimum Gasteiger partial charge on any atom is -0.502 e. The maximum atomic E-state index is 13.0. The highest BCUT2D eigenvalue weighted by molar-refractivity contribution is 8.14. The fourth-order valence-electron chi connectivity index (χ4n) is 4.29. The maximum absolute atomic E-state index is 13.0. The Labute approximate surface area is 174 Å². The summed E-state index contributed by atoms with van der Waals surface area (Å²) in [6.45, 7) is 1.96. The van der Waals surface area contributed by atoms with Crippen LogP contribution in [0.3, 0.4) is 0 Å². The zero-order chi connectivity index (χ0) is 20.5. The highest BCUT2D eigenvalue weighted by atomic mass is 32.2. The zero-order valence-electron chi connectivity index (χ0n) is 17.0. The minimum absolute atomic E-state index is 0.0462. The molecule has 0 radical (unpaired) electrons. The lowest BCUT2D eigenvalue weighted by Crippen LogP contribution is -2.14. The fraction of sp³-hybridized carbons (Fsp3) is 0.524. The van der Waals surface area contributed by atoms with E-state index in [1.54, 1.807) is 12.1 Å². The number of rotatable bonds is 4. The molecule has 1 fully saturated rings. The van der Waals surface area contributed by atoms with Gasteiger partial charge in [0.15, 0.2) is 17.3 Å². The summed E-state index contributed by atoms with van der Waals surface area (Å²) >= 11 is 1.53. The van der Waals surface area contributed by atoms with Crippen LogP contribution in [-0.4, -0.2) is 34.2 Å². The molecular weight excluding hydrogens is 390 g/mol. The Balaban J connectivity index is 1.82. The number of hydrogen-bond donors (Lipinski definition) is 2. The quantitative estimate of drug-likeness (QED) is 0.705. The predicted octanol–water partition coefficient (Wildman–Crippen LogP) is 4.68. The standard InChI is InChI=1S/C21H27N3O4S/c1-12-22-20-17(21(26)23-24(20)14-8-6-4-5-7-9-14)19(29-12)13-10-15(27-2)18(25)16(11-13)28-3/h10-11,14,19,25H,4-9H2,1-3H3,(H,23,26)/t19-/m1/s1. The van der Waals surface area contributed by atoms with Gasteiger partial charge in [-0.1, -0.05) is 37.4 Å². The molecule has 1 aliphatic carbocycles. The van der Waals surface area contributed by atoms with Crippen LogP contribution < -0.4 is 15.0 Å². The first-order valence-electron chi connectivity index (χ1n) is 10.0. The van der Waals surface area contributed by atoms with E-state index in [4.69, 9.17) is 14.5 Å². The molecule has 1 aliphatic heterocycles. The number of aromatic nitrogens is 2. The molecule has 2 N–H and O–H groups in total. The molecule has 0 unspecified atom stereocenters. The summed E-state index contributed by atoms with van der Waals surface area (Å²) < 4.78 is 12.6. The minimum atomic E-state index is -0.248. The second kappa shape index (κ2) is 8.18. The Hall–Kier alpha value is -2.35. The predicted molar refractivity (Wildman–Crippen MR) is 115 cm³/mol. The van der Waals surface area contributed by atoms with Crippen molar-refractivity contribution in [3.8, 4) is 17.2 Å². The molecule has 1 aromatic carbocycles. The lowest BCUT2D eigenvalue weighted by molar-refractivity contribution is 0.339. The first kappa shape index (κ1) is 19.9. The van der Waals surface area contributed by atoms with E-state index >= 15 is 0 Å². The first-order chi connectivity index (χ1) is 14.0. The van der Waals surface area contributed by atoms with Crippen LogP contribution in [0.15, 0.2) is 21.9 Å². The van der Waals surface area contributed by atoms with E-state index in [0.29, 0.717) is 17.1 Å². The van der Waals surface area contributed by atoms with Gasteiger partial charge in [-0.2, -0.15) is 0 Å². The summed E-state index contributed by atoms with van der Waals surface area (Å²) in [7, 11) is 3.00. The largest absolute Gasteiger partial charge is 0.502 e. The third kappa shape index (κ3) is 3.66. The van der Waals surface area contributed by atoms with E-state index in [1.807, 2.05) is 11.6 Å². The summed E-state index contributed by atoms with van der Waals surface area (Å²) in [5.74, 6) is 1.33. The molecule has 156 valence electrons. The van der Waals surface area contributed by atoms with E-state index in [9.17, 15) is 9.90 Å². The van der Waals surface area contributed by atoms with Crippen molar-refractivity contribution in [2.24, 2.45) is 4.99 Å².